The zero-order valence-electron chi connectivity index (χ0n) is 11.6. The molecule has 0 heterocycles. The summed E-state index contributed by atoms with van der Waals surface area (Å²) in [6.45, 7) is 9.24. The Kier molecular flexibility index (Phi) is 7.56. The van der Waals surface area contributed by atoms with E-state index in [1.165, 1.54) is 5.56 Å². The van der Waals surface area contributed by atoms with Gasteiger partial charge in [-0.2, -0.15) is 0 Å². The van der Waals surface area contributed by atoms with Gasteiger partial charge in [0.05, 0.1) is 12.7 Å². The fourth-order valence-corrected chi connectivity index (χ4v) is 2.12. The van der Waals surface area contributed by atoms with E-state index < -0.39 is 0 Å². The number of nitrogens with one attached hydrogen (secondary N) is 1. The van der Waals surface area contributed by atoms with Gasteiger partial charge < -0.3 is 10.1 Å². The second kappa shape index (κ2) is 8.68. The molecule has 2 nitrogen and oxygen atoms in total. The van der Waals surface area contributed by atoms with Gasteiger partial charge in [0.25, 0.3) is 0 Å². The number of halogens is 1. The quantitative estimate of drug-likeness (QED) is 0.733. The van der Waals surface area contributed by atoms with Gasteiger partial charge in [-0.25, -0.2) is 0 Å². The average Bonchev–Trinajstić information content (AvgIpc) is 2.35. The Balaban J connectivity index is 2.44. The van der Waals surface area contributed by atoms with Crippen LogP contribution in [0.25, 0.3) is 0 Å². The van der Waals surface area contributed by atoms with Crippen LogP contribution >= 0.6 is 15.9 Å². The topological polar surface area (TPSA) is 21.3 Å². The monoisotopic (exact) mass is 313 g/mol. The summed E-state index contributed by atoms with van der Waals surface area (Å²) in [6.07, 6.45) is 1.43. The summed E-state index contributed by atoms with van der Waals surface area (Å²) in [7, 11) is 0. The van der Waals surface area contributed by atoms with Crippen molar-refractivity contribution in [2.24, 2.45) is 5.92 Å². The van der Waals surface area contributed by atoms with Crippen LogP contribution in [0.5, 0.6) is 0 Å². The van der Waals surface area contributed by atoms with Crippen LogP contribution in [0.15, 0.2) is 28.7 Å². The lowest BCUT2D eigenvalue weighted by atomic mass is 10.1. The lowest BCUT2D eigenvalue weighted by Crippen LogP contribution is -2.33. The molecular formula is C15H24BrNO. The Hall–Kier alpha value is -0.380. The summed E-state index contributed by atoms with van der Waals surface area (Å²) in [5.74, 6) is 0.525. The Morgan fingerprint density at radius 2 is 2.00 bits per heavy atom. The molecule has 0 aliphatic rings. The van der Waals surface area contributed by atoms with Gasteiger partial charge in [-0.3, -0.25) is 0 Å². The zero-order valence-corrected chi connectivity index (χ0v) is 13.2. The van der Waals surface area contributed by atoms with Gasteiger partial charge in [0.1, 0.15) is 0 Å². The van der Waals surface area contributed by atoms with Crippen molar-refractivity contribution in [2.75, 3.05) is 13.1 Å². The molecule has 0 spiro atoms. The Morgan fingerprint density at radius 3 is 2.61 bits per heavy atom. The minimum atomic E-state index is 0.267. The molecule has 1 rings (SSSR count). The van der Waals surface area contributed by atoms with Crippen LogP contribution in [0.2, 0.25) is 0 Å². The number of hydrogen-bond donors (Lipinski definition) is 1. The summed E-state index contributed by atoms with van der Waals surface area (Å²) < 4.78 is 7.14. The maximum Gasteiger partial charge on any atom is 0.0732 e. The number of ether oxygens (including phenoxy) is 1. The highest BCUT2D eigenvalue weighted by atomic mass is 79.9. The van der Waals surface area contributed by atoms with E-state index >= 15 is 0 Å². The van der Waals surface area contributed by atoms with Crippen LogP contribution in [0.4, 0.5) is 0 Å². The minimum Gasteiger partial charge on any atom is -0.372 e. The van der Waals surface area contributed by atoms with Crippen molar-refractivity contribution >= 4 is 15.9 Å². The molecule has 0 saturated carbocycles. The number of hydrogen-bond acceptors (Lipinski definition) is 2. The lowest BCUT2D eigenvalue weighted by Gasteiger charge is -2.22. The first-order valence-electron chi connectivity index (χ1n) is 6.70. The molecule has 1 aromatic rings. The van der Waals surface area contributed by atoms with Gasteiger partial charge >= 0.3 is 0 Å². The van der Waals surface area contributed by atoms with E-state index in [-0.39, 0.29) is 6.10 Å². The van der Waals surface area contributed by atoms with Crippen molar-refractivity contribution in [3.05, 3.63) is 34.3 Å². The molecule has 0 bridgehead atoms. The summed E-state index contributed by atoms with van der Waals surface area (Å²) in [5, 5.41) is 3.43. The molecule has 0 amide bonds. The summed E-state index contributed by atoms with van der Waals surface area (Å²) in [5.41, 5.74) is 1.21. The fourth-order valence-electron chi connectivity index (χ4n) is 1.72. The average molecular weight is 314 g/mol. The molecule has 0 saturated heterocycles. The maximum atomic E-state index is 6.02. The van der Waals surface area contributed by atoms with Crippen LogP contribution in [0.3, 0.4) is 0 Å². The smallest absolute Gasteiger partial charge is 0.0732 e. The van der Waals surface area contributed by atoms with E-state index in [9.17, 15) is 0 Å². The van der Waals surface area contributed by atoms with Crippen molar-refractivity contribution < 1.29 is 4.74 Å². The first-order chi connectivity index (χ1) is 8.65. The van der Waals surface area contributed by atoms with Gasteiger partial charge in [0.15, 0.2) is 0 Å². The van der Waals surface area contributed by atoms with Crippen LogP contribution in [0, 0.1) is 5.92 Å². The van der Waals surface area contributed by atoms with Crippen LogP contribution < -0.4 is 5.32 Å². The number of rotatable bonds is 8. The first-order valence-corrected chi connectivity index (χ1v) is 7.50. The van der Waals surface area contributed by atoms with E-state index in [0.29, 0.717) is 12.5 Å². The molecule has 0 aromatic heterocycles. The Bertz CT molecular complexity index is 341. The van der Waals surface area contributed by atoms with E-state index in [1.54, 1.807) is 0 Å². The van der Waals surface area contributed by atoms with Crippen LogP contribution in [-0.4, -0.2) is 19.2 Å². The molecule has 18 heavy (non-hydrogen) atoms. The highest BCUT2D eigenvalue weighted by Crippen LogP contribution is 2.18. The third-order valence-corrected chi connectivity index (χ3v) is 3.70. The van der Waals surface area contributed by atoms with Crippen LogP contribution in [-0.2, 0) is 11.3 Å². The number of benzene rings is 1. The molecule has 3 heteroatoms. The normalized spacial score (nSPS) is 12.9. The summed E-state index contributed by atoms with van der Waals surface area (Å²) >= 11 is 3.55. The minimum absolute atomic E-state index is 0.267. The van der Waals surface area contributed by atoms with E-state index in [1.807, 2.05) is 12.1 Å². The van der Waals surface area contributed by atoms with Gasteiger partial charge in [-0.1, -0.05) is 54.9 Å². The zero-order chi connectivity index (χ0) is 13.4. The standard InChI is InChI=1S/C15H24BrNO/c1-4-9-17-10-15(12(2)3)18-11-13-7-5-6-8-14(13)16/h5-8,12,15,17H,4,9-11H2,1-3H3. The van der Waals surface area contributed by atoms with Crippen molar-refractivity contribution in [1.29, 1.82) is 0 Å². The predicted octanol–water partition coefficient (Wildman–Crippen LogP) is 3.99. The molecule has 1 aromatic carbocycles. The molecule has 0 radical (unpaired) electrons. The van der Waals surface area contributed by atoms with Gasteiger partial charge in [-0.15, -0.1) is 0 Å². The summed E-state index contributed by atoms with van der Waals surface area (Å²) in [4.78, 5) is 0. The molecule has 0 aliphatic heterocycles. The van der Waals surface area contributed by atoms with E-state index in [0.717, 1.165) is 24.0 Å². The van der Waals surface area contributed by atoms with Crippen molar-refractivity contribution in [3.8, 4) is 0 Å². The second-order valence-corrected chi connectivity index (χ2v) is 5.74. The molecule has 102 valence electrons. The Labute approximate surface area is 119 Å². The maximum absolute atomic E-state index is 6.02. The molecule has 1 atom stereocenters. The molecule has 0 aliphatic carbocycles. The molecular weight excluding hydrogens is 290 g/mol. The third-order valence-electron chi connectivity index (χ3n) is 2.93. The Morgan fingerprint density at radius 1 is 1.28 bits per heavy atom. The fraction of sp³-hybridized carbons (Fsp3) is 0.600. The van der Waals surface area contributed by atoms with Crippen molar-refractivity contribution in [3.63, 3.8) is 0 Å². The van der Waals surface area contributed by atoms with E-state index in [2.05, 4.69) is 54.2 Å². The molecule has 1 N–H and O–H groups in total. The molecule has 0 fully saturated rings. The lowest BCUT2D eigenvalue weighted by molar-refractivity contribution is 0.0112. The van der Waals surface area contributed by atoms with E-state index in [4.69, 9.17) is 4.74 Å². The highest BCUT2D eigenvalue weighted by molar-refractivity contribution is 9.10. The highest BCUT2D eigenvalue weighted by Gasteiger charge is 2.13. The van der Waals surface area contributed by atoms with Gasteiger partial charge in [0.2, 0.25) is 0 Å². The van der Waals surface area contributed by atoms with Crippen molar-refractivity contribution in [2.45, 2.75) is 39.9 Å². The third kappa shape index (κ3) is 5.51. The molecule has 1 unspecified atom stereocenters. The SMILES string of the molecule is CCCNCC(OCc1ccccc1Br)C(C)C. The van der Waals surface area contributed by atoms with Crippen molar-refractivity contribution in [1.82, 2.24) is 5.32 Å². The van der Waals surface area contributed by atoms with Gasteiger partial charge in [-0.05, 0) is 30.5 Å². The largest absolute Gasteiger partial charge is 0.372 e. The van der Waals surface area contributed by atoms with Crippen LogP contribution in [0.1, 0.15) is 32.8 Å². The second-order valence-electron chi connectivity index (χ2n) is 4.89. The first kappa shape index (κ1) is 15.7. The van der Waals surface area contributed by atoms with Gasteiger partial charge in [0, 0.05) is 11.0 Å². The predicted molar refractivity (Wildman–Crippen MR) is 80.7 cm³/mol. The summed E-state index contributed by atoms with van der Waals surface area (Å²) in [6, 6.07) is 8.22.